The van der Waals surface area contributed by atoms with Crippen molar-refractivity contribution in [3.63, 3.8) is 0 Å². The van der Waals surface area contributed by atoms with Gasteiger partial charge >= 0.3 is 11.4 Å². The molecule has 0 radical (unpaired) electrons. The number of aryl methyl sites for hydroxylation is 1. The number of unbranched alkanes of at least 4 members (excludes halogenated alkanes) is 9. The molecule has 134 valence electrons. The number of aromatic nitrogens is 4. The number of hydrogen-bond donors (Lipinski definition) is 3. The van der Waals surface area contributed by atoms with Crippen LogP contribution in [0.5, 0.6) is 0 Å². The van der Waals surface area contributed by atoms with Crippen LogP contribution >= 0.6 is 0 Å². The van der Waals surface area contributed by atoms with Gasteiger partial charge in [0.2, 0.25) is 0 Å². The lowest BCUT2D eigenvalue weighted by Gasteiger charge is -2.06. The highest BCUT2D eigenvalue weighted by Crippen LogP contribution is 2.11. The van der Waals surface area contributed by atoms with Crippen LogP contribution in [0.15, 0.2) is 14.4 Å². The maximum absolute atomic E-state index is 11.9. The molecule has 2 rings (SSSR count). The Bertz CT molecular complexity index is 796. The van der Waals surface area contributed by atoms with Crippen LogP contribution in [0.25, 0.3) is 11.2 Å². The Balaban J connectivity index is 1.75. The SMILES string of the molecule is CCCCCCCCCCCCn1c(=O)[nH]c(=O)c2[nH]c(=O)[nH]c21. The highest BCUT2D eigenvalue weighted by Gasteiger charge is 2.10. The molecule has 7 heteroatoms. The summed E-state index contributed by atoms with van der Waals surface area (Å²) in [7, 11) is 0. The zero-order valence-electron chi connectivity index (χ0n) is 14.5. The molecule has 0 spiro atoms. The van der Waals surface area contributed by atoms with E-state index in [1.54, 1.807) is 0 Å². The molecule has 2 aromatic heterocycles. The lowest BCUT2D eigenvalue weighted by molar-refractivity contribution is 0.531. The van der Waals surface area contributed by atoms with Crippen molar-refractivity contribution < 1.29 is 0 Å². The van der Waals surface area contributed by atoms with Crippen molar-refractivity contribution in [3.05, 3.63) is 31.3 Å². The first kappa shape index (κ1) is 18.3. The molecule has 0 aromatic carbocycles. The lowest BCUT2D eigenvalue weighted by Crippen LogP contribution is -2.30. The minimum atomic E-state index is -0.562. The van der Waals surface area contributed by atoms with Crippen molar-refractivity contribution in [1.29, 1.82) is 0 Å². The van der Waals surface area contributed by atoms with Crippen LogP contribution in [0.1, 0.15) is 71.1 Å². The van der Waals surface area contributed by atoms with Gasteiger partial charge in [0.1, 0.15) is 5.65 Å². The van der Waals surface area contributed by atoms with E-state index in [9.17, 15) is 14.4 Å². The van der Waals surface area contributed by atoms with Crippen LogP contribution in [0.4, 0.5) is 0 Å². The molecule has 2 heterocycles. The van der Waals surface area contributed by atoms with Gasteiger partial charge in [-0.2, -0.15) is 0 Å². The van der Waals surface area contributed by atoms with Gasteiger partial charge in [-0.05, 0) is 6.42 Å². The zero-order chi connectivity index (χ0) is 17.4. The molecule has 0 atom stereocenters. The third-order valence-electron chi connectivity index (χ3n) is 4.41. The number of fused-ring (bicyclic) bond motifs is 1. The van der Waals surface area contributed by atoms with Gasteiger partial charge < -0.3 is 0 Å². The molecule has 2 aromatic rings. The van der Waals surface area contributed by atoms with Crippen molar-refractivity contribution in [3.8, 4) is 0 Å². The Morgan fingerprint density at radius 1 is 0.750 bits per heavy atom. The maximum atomic E-state index is 11.9. The van der Waals surface area contributed by atoms with Gasteiger partial charge in [-0.3, -0.25) is 24.3 Å². The summed E-state index contributed by atoms with van der Waals surface area (Å²) >= 11 is 0. The second kappa shape index (κ2) is 9.30. The first-order valence-electron chi connectivity index (χ1n) is 9.08. The Morgan fingerprint density at radius 2 is 1.33 bits per heavy atom. The summed E-state index contributed by atoms with van der Waals surface area (Å²) in [6.45, 7) is 2.72. The van der Waals surface area contributed by atoms with Gasteiger partial charge in [0, 0.05) is 6.54 Å². The monoisotopic (exact) mass is 336 g/mol. The Morgan fingerprint density at radius 3 is 1.96 bits per heavy atom. The predicted molar refractivity (Wildman–Crippen MR) is 95.6 cm³/mol. The van der Waals surface area contributed by atoms with Crippen LogP contribution in [0, 0.1) is 0 Å². The van der Waals surface area contributed by atoms with E-state index in [0.717, 1.165) is 19.3 Å². The van der Waals surface area contributed by atoms with Gasteiger partial charge in [0.25, 0.3) is 5.56 Å². The standard InChI is InChI=1S/C17H28N4O3/c1-2-3-4-5-6-7-8-9-10-11-12-21-14-13(18-16(23)19-14)15(22)20-17(21)24/h2-12H2,1H3,(H2,18,19,23)(H,20,22,24). The fourth-order valence-corrected chi connectivity index (χ4v) is 3.04. The normalized spacial score (nSPS) is 11.4. The van der Waals surface area contributed by atoms with E-state index < -0.39 is 16.9 Å². The Kier molecular flexibility index (Phi) is 7.08. The summed E-state index contributed by atoms with van der Waals surface area (Å²) in [5.41, 5.74) is -1.10. The molecule has 0 bridgehead atoms. The molecular formula is C17H28N4O3. The van der Waals surface area contributed by atoms with Gasteiger partial charge in [-0.15, -0.1) is 0 Å². The number of rotatable bonds is 11. The highest BCUT2D eigenvalue weighted by molar-refractivity contribution is 5.68. The van der Waals surface area contributed by atoms with Gasteiger partial charge in [0.05, 0.1) is 0 Å². The molecule has 0 saturated carbocycles. The number of H-pyrrole nitrogens is 3. The topological polar surface area (TPSA) is 104 Å². The second-order valence-corrected chi connectivity index (χ2v) is 6.40. The number of imidazole rings is 1. The van der Waals surface area contributed by atoms with E-state index in [2.05, 4.69) is 21.9 Å². The van der Waals surface area contributed by atoms with Crippen LogP contribution in [-0.2, 0) is 6.54 Å². The van der Waals surface area contributed by atoms with E-state index in [0.29, 0.717) is 6.54 Å². The molecule has 24 heavy (non-hydrogen) atoms. The number of aromatic amines is 3. The summed E-state index contributed by atoms with van der Waals surface area (Å²) in [6.07, 6.45) is 12.1. The van der Waals surface area contributed by atoms with E-state index >= 15 is 0 Å². The fourth-order valence-electron chi connectivity index (χ4n) is 3.04. The van der Waals surface area contributed by atoms with Crippen LogP contribution in [-0.4, -0.2) is 19.5 Å². The first-order chi connectivity index (χ1) is 11.6. The van der Waals surface area contributed by atoms with E-state index in [1.807, 2.05) is 0 Å². The largest absolute Gasteiger partial charge is 0.330 e. The summed E-state index contributed by atoms with van der Waals surface area (Å²) in [5.74, 6) is 0. The Hall–Kier alpha value is -2.05. The zero-order valence-corrected chi connectivity index (χ0v) is 14.5. The lowest BCUT2D eigenvalue weighted by atomic mass is 10.1. The fraction of sp³-hybridized carbons (Fsp3) is 0.706. The molecule has 0 fully saturated rings. The molecule has 0 aliphatic carbocycles. The highest BCUT2D eigenvalue weighted by atomic mass is 16.2. The molecule has 0 unspecified atom stereocenters. The molecular weight excluding hydrogens is 308 g/mol. The summed E-state index contributed by atoms with van der Waals surface area (Å²) in [6, 6.07) is 0. The average molecular weight is 336 g/mol. The second-order valence-electron chi connectivity index (χ2n) is 6.40. The van der Waals surface area contributed by atoms with Gasteiger partial charge in [-0.25, -0.2) is 9.59 Å². The van der Waals surface area contributed by atoms with Crippen molar-refractivity contribution in [1.82, 2.24) is 19.5 Å². The molecule has 0 aliphatic rings. The van der Waals surface area contributed by atoms with E-state index in [4.69, 9.17) is 0 Å². The quantitative estimate of drug-likeness (QED) is 0.549. The van der Waals surface area contributed by atoms with Crippen LogP contribution in [0.3, 0.4) is 0 Å². The predicted octanol–water partition coefficient (Wildman–Crippen LogP) is 2.63. The van der Waals surface area contributed by atoms with Crippen molar-refractivity contribution in [2.75, 3.05) is 0 Å². The third-order valence-corrected chi connectivity index (χ3v) is 4.41. The van der Waals surface area contributed by atoms with Crippen molar-refractivity contribution in [2.45, 2.75) is 77.7 Å². The van der Waals surface area contributed by atoms with Crippen LogP contribution in [0.2, 0.25) is 0 Å². The van der Waals surface area contributed by atoms with E-state index in [1.165, 1.54) is 49.5 Å². The molecule has 0 saturated heterocycles. The minimum Gasteiger partial charge on any atom is -0.300 e. The third kappa shape index (κ3) is 4.97. The van der Waals surface area contributed by atoms with Crippen molar-refractivity contribution >= 4 is 11.2 Å². The molecule has 0 amide bonds. The summed E-state index contributed by atoms with van der Waals surface area (Å²) in [5, 5.41) is 0. The summed E-state index contributed by atoms with van der Waals surface area (Å²) in [4.78, 5) is 42.1. The van der Waals surface area contributed by atoms with Crippen molar-refractivity contribution in [2.24, 2.45) is 0 Å². The summed E-state index contributed by atoms with van der Waals surface area (Å²) < 4.78 is 1.43. The van der Waals surface area contributed by atoms with Crippen LogP contribution < -0.4 is 16.9 Å². The van der Waals surface area contributed by atoms with Gasteiger partial charge in [-0.1, -0.05) is 64.7 Å². The Labute approximate surface area is 140 Å². The molecule has 0 aliphatic heterocycles. The number of nitrogens with one attached hydrogen (secondary N) is 3. The molecule has 7 nitrogen and oxygen atoms in total. The first-order valence-corrected chi connectivity index (χ1v) is 9.08. The maximum Gasteiger partial charge on any atom is 0.330 e. The number of nitrogens with zero attached hydrogens (tertiary/aromatic N) is 1. The minimum absolute atomic E-state index is 0.131. The average Bonchev–Trinajstić information content (AvgIpc) is 2.94. The molecule has 3 N–H and O–H groups in total. The van der Waals surface area contributed by atoms with Gasteiger partial charge in [0.15, 0.2) is 5.52 Å². The van der Waals surface area contributed by atoms with E-state index in [-0.39, 0.29) is 11.2 Å². The smallest absolute Gasteiger partial charge is 0.300 e. The number of hydrogen-bond acceptors (Lipinski definition) is 3.